The van der Waals surface area contributed by atoms with E-state index in [0.717, 1.165) is 27.8 Å². The van der Waals surface area contributed by atoms with E-state index >= 15 is 0 Å². The normalized spacial score (nSPS) is 20.4. The molecule has 5 atom stereocenters. The summed E-state index contributed by atoms with van der Waals surface area (Å²) < 4.78 is 40.2. The summed E-state index contributed by atoms with van der Waals surface area (Å²) in [7, 11) is 0. The molecule has 0 radical (unpaired) electrons. The molecule has 1 aliphatic rings. The molecule has 1 aliphatic heterocycles. The Morgan fingerprint density at radius 3 is 1.49 bits per heavy atom. The molecule has 6 rings (SSSR count). The Hall–Kier alpha value is -4.56. The first-order chi connectivity index (χ1) is 24.3. The van der Waals surface area contributed by atoms with Gasteiger partial charge in [-0.3, -0.25) is 0 Å². The molecule has 6 heteroatoms. The maximum Gasteiger partial charge on any atom is 0.229 e. The van der Waals surface area contributed by atoms with Crippen LogP contribution in [0.1, 0.15) is 27.8 Å². The van der Waals surface area contributed by atoms with Crippen molar-refractivity contribution in [3.05, 3.63) is 186 Å². The molecule has 1 fully saturated rings. The molecule has 0 saturated carbocycles. The van der Waals surface area contributed by atoms with Crippen LogP contribution in [0.25, 0.3) is 0 Å². The molecule has 5 aromatic carbocycles. The van der Waals surface area contributed by atoms with Crippen LogP contribution in [0.5, 0.6) is 5.75 Å². The van der Waals surface area contributed by atoms with Crippen molar-refractivity contribution >= 4 is 0 Å². The van der Waals surface area contributed by atoms with Crippen LogP contribution in [0, 0.1) is 0 Å². The quantitative estimate of drug-likeness (QED) is 0.0936. The van der Waals surface area contributed by atoms with Gasteiger partial charge in [0.1, 0.15) is 30.2 Å². The highest BCUT2D eigenvalue weighted by molar-refractivity contribution is 5.35. The van der Waals surface area contributed by atoms with Crippen molar-refractivity contribution in [2.45, 2.75) is 63.6 Å². The second-order valence-electron chi connectivity index (χ2n) is 12.0. The van der Waals surface area contributed by atoms with Crippen molar-refractivity contribution in [3.8, 4) is 5.75 Å². The van der Waals surface area contributed by atoms with Gasteiger partial charge < -0.3 is 28.4 Å². The van der Waals surface area contributed by atoms with Crippen LogP contribution in [-0.2, 0) is 56.5 Å². The largest absolute Gasteiger partial charge is 0.462 e. The van der Waals surface area contributed by atoms with E-state index in [9.17, 15) is 0 Å². The van der Waals surface area contributed by atoms with E-state index in [0.29, 0.717) is 38.6 Å². The molecule has 0 amide bonds. The maximum absolute atomic E-state index is 6.84. The van der Waals surface area contributed by atoms with Gasteiger partial charge >= 0.3 is 0 Å². The number of benzene rings is 5. The first-order valence-corrected chi connectivity index (χ1v) is 16.9. The summed E-state index contributed by atoms with van der Waals surface area (Å²) in [6.07, 6.45) is -0.580. The van der Waals surface area contributed by atoms with E-state index in [-0.39, 0.29) is 6.61 Å². The van der Waals surface area contributed by atoms with Crippen molar-refractivity contribution in [2.75, 3.05) is 6.61 Å². The fourth-order valence-electron chi connectivity index (χ4n) is 5.91. The number of ether oxygens (including phenoxy) is 6. The molecule has 1 heterocycles. The maximum atomic E-state index is 6.84. The first kappa shape index (κ1) is 34.3. The third-order valence-corrected chi connectivity index (χ3v) is 8.42. The highest BCUT2D eigenvalue weighted by Crippen LogP contribution is 2.33. The minimum Gasteiger partial charge on any atom is -0.462 e. The van der Waals surface area contributed by atoms with E-state index in [4.69, 9.17) is 28.4 Å². The number of rotatable bonds is 17. The average Bonchev–Trinajstić information content (AvgIpc) is 3.15. The molecule has 5 aromatic rings. The standard InChI is InChI=1S/C43H44O6/c1-2-17-37-26-15-16-27-38(37)48-43-42(47-31-36-24-13-6-14-25-36)41(46-30-35-22-11-5-12-23-35)40(45-29-34-20-9-4-10-21-34)39(49-43)32-44-28-33-18-7-3-8-19-33/h2-16,18-27,39-43H,1,17,28-32H2/t39-,40-,41+,42+,43+/m1/s1. The lowest BCUT2D eigenvalue weighted by Gasteiger charge is -2.46. The van der Waals surface area contributed by atoms with Gasteiger partial charge in [0.05, 0.1) is 33.0 Å². The van der Waals surface area contributed by atoms with E-state index in [1.807, 2.05) is 127 Å². The third kappa shape index (κ3) is 9.98. The lowest BCUT2D eigenvalue weighted by molar-refractivity contribution is -0.310. The van der Waals surface area contributed by atoms with Crippen molar-refractivity contribution in [1.29, 1.82) is 0 Å². The lowest BCUT2D eigenvalue weighted by Crippen LogP contribution is -2.62. The van der Waals surface area contributed by atoms with Crippen molar-refractivity contribution in [1.82, 2.24) is 0 Å². The van der Waals surface area contributed by atoms with Gasteiger partial charge in [0.2, 0.25) is 6.29 Å². The molecule has 0 unspecified atom stereocenters. The van der Waals surface area contributed by atoms with Gasteiger partial charge in [0, 0.05) is 0 Å². The van der Waals surface area contributed by atoms with Gasteiger partial charge in [-0.1, -0.05) is 146 Å². The Morgan fingerprint density at radius 2 is 0.959 bits per heavy atom. The van der Waals surface area contributed by atoms with Gasteiger partial charge in [0.25, 0.3) is 0 Å². The van der Waals surface area contributed by atoms with Crippen molar-refractivity contribution in [2.24, 2.45) is 0 Å². The summed E-state index contributed by atoms with van der Waals surface area (Å²) in [5.41, 5.74) is 5.20. The molecule has 0 N–H and O–H groups in total. The van der Waals surface area contributed by atoms with Gasteiger partial charge in [0.15, 0.2) is 0 Å². The summed E-state index contributed by atoms with van der Waals surface area (Å²) in [6, 6.07) is 48.4. The minimum atomic E-state index is -0.822. The SMILES string of the molecule is C=CCc1ccccc1O[C@H]1O[C@H](COCc2ccccc2)[C@@H](OCc2ccccc2)[C@H](OCc2ccccc2)[C@@H]1OCc1ccccc1. The molecule has 1 saturated heterocycles. The van der Waals surface area contributed by atoms with Crippen molar-refractivity contribution < 1.29 is 28.4 Å². The average molecular weight is 657 g/mol. The summed E-state index contributed by atoms with van der Waals surface area (Å²) in [5.74, 6) is 0.704. The Kier molecular flexibility index (Phi) is 12.8. The van der Waals surface area contributed by atoms with Crippen LogP contribution >= 0.6 is 0 Å². The summed E-state index contributed by atoms with van der Waals surface area (Å²) in [5, 5.41) is 0. The smallest absolute Gasteiger partial charge is 0.229 e. The van der Waals surface area contributed by atoms with Gasteiger partial charge in [-0.2, -0.15) is 0 Å². The third-order valence-electron chi connectivity index (χ3n) is 8.42. The second kappa shape index (κ2) is 18.3. The highest BCUT2D eigenvalue weighted by Gasteiger charge is 2.50. The first-order valence-electron chi connectivity index (χ1n) is 16.9. The minimum absolute atomic E-state index is 0.263. The molecule has 49 heavy (non-hydrogen) atoms. The number of hydrogen-bond acceptors (Lipinski definition) is 6. The molecule has 0 aliphatic carbocycles. The van der Waals surface area contributed by atoms with Crippen LogP contribution in [-0.4, -0.2) is 37.3 Å². The Bertz CT molecular complexity index is 1660. The number of hydrogen-bond donors (Lipinski definition) is 0. The number of allylic oxidation sites excluding steroid dienone is 1. The van der Waals surface area contributed by atoms with Crippen LogP contribution < -0.4 is 4.74 Å². The van der Waals surface area contributed by atoms with Crippen LogP contribution in [0.2, 0.25) is 0 Å². The highest BCUT2D eigenvalue weighted by atomic mass is 16.7. The Morgan fingerprint density at radius 1 is 0.510 bits per heavy atom. The van der Waals surface area contributed by atoms with Crippen molar-refractivity contribution in [3.63, 3.8) is 0 Å². The van der Waals surface area contributed by atoms with Gasteiger partial charge in [-0.25, -0.2) is 0 Å². The number of para-hydroxylation sites is 1. The summed E-state index contributed by atoms with van der Waals surface area (Å²) in [6.45, 7) is 5.72. The fraction of sp³-hybridized carbons (Fsp3) is 0.256. The zero-order valence-corrected chi connectivity index (χ0v) is 27.7. The summed E-state index contributed by atoms with van der Waals surface area (Å²) in [4.78, 5) is 0. The second-order valence-corrected chi connectivity index (χ2v) is 12.0. The predicted octanol–water partition coefficient (Wildman–Crippen LogP) is 8.49. The van der Waals surface area contributed by atoms with E-state index in [1.54, 1.807) is 0 Å². The van der Waals surface area contributed by atoms with E-state index in [1.165, 1.54) is 0 Å². The topological polar surface area (TPSA) is 55.4 Å². The summed E-state index contributed by atoms with van der Waals surface area (Å²) >= 11 is 0. The fourth-order valence-corrected chi connectivity index (χ4v) is 5.91. The van der Waals surface area contributed by atoms with Gasteiger partial charge in [-0.05, 0) is 40.3 Å². The zero-order valence-electron chi connectivity index (χ0n) is 27.7. The molecular formula is C43H44O6. The Balaban J connectivity index is 1.34. The van der Waals surface area contributed by atoms with Crippen LogP contribution in [0.4, 0.5) is 0 Å². The van der Waals surface area contributed by atoms with E-state index < -0.39 is 30.7 Å². The van der Waals surface area contributed by atoms with Crippen LogP contribution in [0.3, 0.4) is 0 Å². The Labute approximate surface area is 289 Å². The monoisotopic (exact) mass is 656 g/mol. The molecular weight excluding hydrogens is 612 g/mol. The van der Waals surface area contributed by atoms with Crippen LogP contribution in [0.15, 0.2) is 158 Å². The zero-order chi connectivity index (χ0) is 33.5. The molecule has 6 nitrogen and oxygen atoms in total. The lowest BCUT2D eigenvalue weighted by atomic mass is 9.97. The molecule has 252 valence electrons. The predicted molar refractivity (Wildman–Crippen MR) is 191 cm³/mol. The molecule has 0 aromatic heterocycles. The van der Waals surface area contributed by atoms with Gasteiger partial charge in [-0.15, -0.1) is 6.58 Å². The van der Waals surface area contributed by atoms with E-state index in [2.05, 4.69) is 30.8 Å². The molecule has 0 bridgehead atoms. The molecule has 0 spiro atoms.